The van der Waals surface area contributed by atoms with E-state index in [1.54, 1.807) is 0 Å². The number of hydrogen-bond acceptors (Lipinski definition) is 3. The molecule has 2 N–H and O–H groups in total. The molecular formula is C32H62O4S. The van der Waals surface area contributed by atoms with Crippen LogP contribution in [0.5, 0.6) is 0 Å². The molecule has 220 valence electrons. The molecule has 0 aliphatic carbocycles. The molecule has 4 unspecified atom stereocenters. The Hall–Kier alpha value is -0.710. The third-order valence-corrected chi connectivity index (χ3v) is 9.51. The number of aliphatic carboxylic acids is 2. The van der Waals surface area contributed by atoms with Crippen LogP contribution in [0.3, 0.4) is 0 Å². The van der Waals surface area contributed by atoms with Crippen molar-refractivity contribution in [3.05, 3.63) is 0 Å². The molecular weight excluding hydrogens is 480 g/mol. The van der Waals surface area contributed by atoms with Gasteiger partial charge in [0.15, 0.2) is 0 Å². The van der Waals surface area contributed by atoms with Gasteiger partial charge in [0.25, 0.3) is 0 Å². The van der Waals surface area contributed by atoms with Gasteiger partial charge in [-0.05, 0) is 63.2 Å². The summed E-state index contributed by atoms with van der Waals surface area (Å²) >= 11 is 2.17. The van der Waals surface area contributed by atoms with E-state index in [9.17, 15) is 19.8 Å². The van der Waals surface area contributed by atoms with E-state index < -0.39 is 11.9 Å². The zero-order valence-corrected chi connectivity index (χ0v) is 25.8. The normalized spacial score (nSPS) is 14.8. The van der Waals surface area contributed by atoms with Crippen molar-refractivity contribution in [2.45, 2.75) is 179 Å². The van der Waals surface area contributed by atoms with Gasteiger partial charge >= 0.3 is 11.9 Å². The van der Waals surface area contributed by atoms with Gasteiger partial charge in [0.05, 0.1) is 0 Å². The van der Waals surface area contributed by atoms with E-state index in [2.05, 4.69) is 39.5 Å². The van der Waals surface area contributed by atoms with Crippen LogP contribution >= 0.6 is 11.8 Å². The maximum atomic E-state index is 11.5. The smallest absolute Gasteiger partial charge is 0.303 e. The average molecular weight is 543 g/mol. The molecule has 0 amide bonds. The highest BCUT2D eigenvalue weighted by atomic mass is 32.2. The van der Waals surface area contributed by atoms with Crippen LogP contribution in [0.2, 0.25) is 0 Å². The fourth-order valence-electron chi connectivity index (χ4n) is 5.48. The highest BCUT2D eigenvalue weighted by molar-refractivity contribution is 8.00. The van der Waals surface area contributed by atoms with Gasteiger partial charge in [0.1, 0.15) is 0 Å². The SMILES string of the molecule is CCCCCC(CCC(CCCCC)SC(CCCCC)CCC(CCCCC)CC(=O)O)CC(=O)O. The molecule has 0 fully saturated rings. The summed E-state index contributed by atoms with van der Waals surface area (Å²) in [6.45, 7) is 8.92. The van der Waals surface area contributed by atoms with E-state index in [4.69, 9.17) is 0 Å². The first-order valence-corrected chi connectivity index (χ1v) is 16.9. The standard InChI is InChI=1S/C32H62O4S/c1-5-9-13-17-27(25-31(33)34)21-23-29(19-15-11-7-3)37-30(20-16-12-8-4)24-22-28(26-32(35)36)18-14-10-6-2/h27-30H,5-26H2,1-4H3,(H,33,34)(H,35,36). The van der Waals surface area contributed by atoms with Crippen LogP contribution in [-0.2, 0) is 9.59 Å². The first kappa shape index (κ1) is 36.3. The molecule has 37 heavy (non-hydrogen) atoms. The minimum Gasteiger partial charge on any atom is -0.481 e. The highest BCUT2D eigenvalue weighted by Gasteiger charge is 2.22. The number of carbonyl (C=O) groups is 2. The fourth-order valence-corrected chi connectivity index (χ4v) is 7.17. The molecule has 4 atom stereocenters. The summed E-state index contributed by atoms with van der Waals surface area (Å²) in [5.41, 5.74) is 0. The first-order chi connectivity index (χ1) is 17.9. The van der Waals surface area contributed by atoms with E-state index in [0.29, 0.717) is 35.2 Å². The number of carboxylic acid groups (broad SMARTS) is 2. The first-order valence-electron chi connectivity index (χ1n) is 15.9. The van der Waals surface area contributed by atoms with Crippen LogP contribution < -0.4 is 0 Å². The van der Waals surface area contributed by atoms with Crippen molar-refractivity contribution in [1.29, 1.82) is 0 Å². The molecule has 5 heteroatoms. The molecule has 0 saturated carbocycles. The van der Waals surface area contributed by atoms with E-state index in [1.807, 2.05) is 0 Å². The summed E-state index contributed by atoms with van der Waals surface area (Å²) in [5, 5.41) is 20.1. The Balaban J connectivity index is 5.23. The lowest BCUT2D eigenvalue weighted by molar-refractivity contribution is -0.139. The van der Waals surface area contributed by atoms with E-state index in [0.717, 1.165) is 51.4 Å². The van der Waals surface area contributed by atoms with E-state index >= 15 is 0 Å². The predicted molar refractivity (Wildman–Crippen MR) is 162 cm³/mol. The summed E-state index contributed by atoms with van der Waals surface area (Å²) in [4.78, 5) is 23.0. The van der Waals surface area contributed by atoms with Gasteiger partial charge in [0.2, 0.25) is 0 Å². The zero-order chi connectivity index (χ0) is 27.7. The van der Waals surface area contributed by atoms with Crippen LogP contribution in [0, 0.1) is 11.8 Å². The van der Waals surface area contributed by atoms with Gasteiger partial charge in [0, 0.05) is 23.3 Å². The van der Waals surface area contributed by atoms with E-state index in [1.165, 1.54) is 77.0 Å². The molecule has 0 bridgehead atoms. The Morgan fingerprint density at radius 1 is 0.486 bits per heavy atom. The maximum absolute atomic E-state index is 11.5. The van der Waals surface area contributed by atoms with Gasteiger partial charge in [-0.2, -0.15) is 11.8 Å². The minimum absolute atomic E-state index is 0.301. The summed E-state index contributed by atoms with van der Waals surface area (Å²) in [7, 11) is 0. The summed E-state index contributed by atoms with van der Waals surface area (Å²) in [5.74, 6) is -0.700. The quantitative estimate of drug-likeness (QED) is 0.0962. The molecule has 0 heterocycles. The molecule has 0 aliphatic heterocycles. The van der Waals surface area contributed by atoms with Crippen molar-refractivity contribution >= 4 is 23.7 Å². The van der Waals surface area contributed by atoms with Crippen molar-refractivity contribution in [3.63, 3.8) is 0 Å². The number of carboxylic acids is 2. The van der Waals surface area contributed by atoms with Crippen LogP contribution in [-0.4, -0.2) is 32.7 Å². The lowest BCUT2D eigenvalue weighted by Crippen LogP contribution is -2.17. The van der Waals surface area contributed by atoms with Crippen LogP contribution in [0.4, 0.5) is 0 Å². The molecule has 0 aromatic rings. The largest absolute Gasteiger partial charge is 0.481 e. The van der Waals surface area contributed by atoms with Crippen molar-refractivity contribution in [2.24, 2.45) is 11.8 Å². The summed E-state index contributed by atoms with van der Waals surface area (Å²) < 4.78 is 0. The third kappa shape index (κ3) is 22.9. The molecule has 0 spiro atoms. The second kappa shape index (κ2) is 25.6. The Morgan fingerprint density at radius 3 is 1.11 bits per heavy atom. The van der Waals surface area contributed by atoms with Crippen LogP contribution in [0.25, 0.3) is 0 Å². The van der Waals surface area contributed by atoms with Crippen molar-refractivity contribution in [1.82, 2.24) is 0 Å². The molecule has 0 rings (SSSR count). The second-order valence-corrected chi connectivity index (χ2v) is 13.1. The number of unbranched alkanes of at least 4 members (excludes halogenated alkanes) is 8. The van der Waals surface area contributed by atoms with E-state index in [-0.39, 0.29) is 0 Å². The second-order valence-electron chi connectivity index (χ2n) is 11.4. The van der Waals surface area contributed by atoms with Crippen LogP contribution in [0.15, 0.2) is 0 Å². The van der Waals surface area contributed by atoms with Crippen molar-refractivity contribution in [2.75, 3.05) is 0 Å². The Bertz CT molecular complexity index is 493. The highest BCUT2D eigenvalue weighted by Crippen LogP contribution is 2.35. The Labute approximate surface area is 234 Å². The maximum Gasteiger partial charge on any atom is 0.303 e. The zero-order valence-electron chi connectivity index (χ0n) is 25.0. The lowest BCUT2D eigenvalue weighted by atomic mass is 9.91. The summed E-state index contributed by atoms with van der Waals surface area (Å²) in [6, 6.07) is 0. The molecule has 0 aliphatic rings. The van der Waals surface area contributed by atoms with Crippen molar-refractivity contribution < 1.29 is 19.8 Å². The number of thioether (sulfide) groups is 1. The predicted octanol–water partition coefficient (Wildman–Crippen LogP) is 10.5. The average Bonchev–Trinajstić information content (AvgIpc) is 2.84. The molecule has 0 radical (unpaired) electrons. The number of hydrogen-bond donors (Lipinski definition) is 2. The van der Waals surface area contributed by atoms with Gasteiger partial charge in [-0.15, -0.1) is 0 Å². The molecule has 4 nitrogen and oxygen atoms in total. The van der Waals surface area contributed by atoms with Crippen molar-refractivity contribution in [3.8, 4) is 0 Å². The Morgan fingerprint density at radius 2 is 0.811 bits per heavy atom. The molecule has 0 aromatic carbocycles. The fraction of sp³-hybridized carbons (Fsp3) is 0.938. The third-order valence-electron chi connectivity index (χ3n) is 7.80. The van der Waals surface area contributed by atoms with Crippen LogP contribution in [0.1, 0.15) is 169 Å². The monoisotopic (exact) mass is 542 g/mol. The van der Waals surface area contributed by atoms with Gasteiger partial charge in [-0.3, -0.25) is 9.59 Å². The molecule has 0 aromatic heterocycles. The van der Waals surface area contributed by atoms with Gasteiger partial charge in [-0.25, -0.2) is 0 Å². The lowest BCUT2D eigenvalue weighted by Gasteiger charge is -2.27. The summed E-state index contributed by atoms with van der Waals surface area (Å²) in [6.07, 6.45) is 24.0. The van der Waals surface area contributed by atoms with Gasteiger partial charge < -0.3 is 10.2 Å². The molecule has 0 saturated heterocycles. The minimum atomic E-state index is -0.651. The Kier molecular flexibility index (Phi) is 25.1. The van der Waals surface area contributed by atoms with Gasteiger partial charge in [-0.1, -0.05) is 105 Å². The number of rotatable bonds is 28. The topological polar surface area (TPSA) is 74.6 Å².